The van der Waals surface area contributed by atoms with Gasteiger partial charge in [-0.05, 0) is 12.1 Å². The molecule has 0 fully saturated rings. The van der Waals surface area contributed by atoms with Crippen LogP contribution in [0.15, 0.2) is 24.3 Å². The van der Waals surface area contributed by atoms with Crippen molar-refractivity contribution in [1.29, 1.82) is 0 Å². The number of ether oxygens (including phenoxy) is 1. The summed E-state index contributed by atoms with van der Waals surface area (Å²) >= 11 is 1.48. The molecule has 1 rings (SSSR count). The van der Waals surface area contributed by atoms with Crippen molar-refractivity contribution in [2.45, 2.75) is 32.1 Å². The summed E-state index contributed by atoms with van der Waals surface area (Å²) in [5.74, 6) is -0.0242. The Morgan fingerprint density at radius 2 is 2.00 bits per heavy atom. The van der Waals surface area contributed by atoms with E-state index < -0.39 is 6.61 Å². The summed E-state index contributed by atoms with van der Waals surface area (Å²) in [5, 5.41) is 2.57. The number of hydrogen-bond donors (Lipinski definition) is 1. The number of hydrogen-bond acceptors (Lipinski definition) is 3. The first-order valence-electron chi connectivity index (χ1n) is 5.75. The van der Waals surface area contributed by atoms with Crippen LogP contribution in [0, 0.1) is 0 Å². The average Bonchev–Trinajstić information content (AvgIpc) is 2.27. The highest BCUT2D eigenvalue weighted by atomic mass is 32.2. The highest BCUT2D eigenvalue weighted by molar-refractivity contribution is 8.01. The first-order chi connectivity index (χ1) is 8.78. The summed E-state index contributed by atoms with van der Waals surface area (Å²) in [6, 6.07) is 6.12. The molecule has 1 N–H and O–H groups in total. The summed E-state index contributed by atoms with van der Waals surface area (Å²) in [6.45, 7) is 3.08. The minimum absolute atomic E-state index is 0.0314. The van der Waals surface area contributed by atoms with Gasteiger partial charge in [0.15, 0.2) is 0 Å². The molecular formula is C13H17F2NO2S. The topological polar surface area (TPSA) is 38.3 Å². The van der Waals surface area contributed by atoms with Crippen molar-refractivity contribution in [2.24, 2.45) is 0 Å². The summed E-state index contributed by atoms with van der Waals surface area (Å²) in [6.07, 6.45) is 0. The van der Waals surface area contributed by atoms with Gasteiger partial charge in [-0.3, -0.25) is 4.79 Å². The van der Waals surface area contributed by atoms with Crippen LogP contribution in [0.5, 0.6) is 5.75 Å². The molecule has 0 aliphatic rings. The fourth-order valence-electron chi connectivity index (χ4n) is 1.24. The lowest BCUT2D eigenvalue weighted by Gasteiger charge is -2.17. The van der Waals surface area contributed by atoms with E-state index in [-0.39, 0.29) is 27.8 Å². The highest BCUT2D eigenvalue weighted by Crippen LogP contribution is 2.27. The maximum Gasteiger partial charge on any atom is 0.387 e. The van der Waals surface area contributed by atoms with Gasteiger partial charge in [0.2, 0.25) is 5.91 Å². The van der Waals surface area contributed by atoms with Crippen LogP contribution in [0.3, 0.4) is 0 Å². The molecule has 1 amide bonds. The minimum Gasteiger partial charge on any atom is -0.433 e. The quantitative estimate of drug-likeness (QED) is 0.897. The van der Waals surface area contributed by atoms with Crippen LogP contribution < -0.4 is 10.1 Å². The second-order valence-electron chi connectivity index (χ2n) is 4.82. The lowest BCUT2D eigenvalue weighted by molar-refractivity contribution is -0.113. The standard InChI is InChI=1S/C13H17F2NO2S/c1-13(2,3)19-8-11(17)16-9-6-4-5-7-10(9)18-12(14)15/h4-7,12H,8H2,1-3H3,(H,16,17). The van der Waals surface area contributed by atoms with Crippen LogP contribution in [-0.2, 0) is 4.79 Å². The number of para-hydroxylation sites is 2. The Kier molecular flexibility index (Phi) is 5.60. The molecule has 0 aliphatic carbocycles. The lowest BCUT2D eigenvalue weighted by atomic mass is 10.3. The van der Waals surface area contributed by atoms with Crippen molar-refractivity contribution in [3.8, 4) is 5.75 Å². The number of halogens is 2. The zero-order valence-electron chi connectivity index (χ0n) is 11.1. The van der Waals surface area contributed by atoms with E-state index in [0.29, 0.717) is 0 Å². The van der Waals surface area contributed by atoms with Gasteiger partial charge in [0.1, 0.15) is 5.75 Å². The number of carbonyl (C=O) groups is 1. The molecule has 0 atom stereocenters. The van der Waals surface area contributed by atoms with Crippen LogP contribution in [0.4, 0.5) is 14.5 Å². The van der Waals surface area contributed by atoms with Gasteiger partial charge in [-0.25, -0.2) is 0 Å². The van der Waals surface area contributed by atoms with E-state index in [4.69, 9.17) is 0 Å². The van der Waals surface area contributed by atoms with Crippen LogP contribution in [0.2, 0.25) is 0 Å². The predicted molar refractivity (Wildman–Crippen MR) is 73.9 cm³/mol. The van der Waals surface area contributed by atoms with Gasteiger partial charge in [-0.1, -0.05) is 32.9 Å². The third kappa shape index (κ3) is 6.42. The van der Waals surface area contributed by atoms with Gasteiger partial charge in [0.25, 0.3) is 0 Å². The van der Waals surface area contributed by atoms with Gasteiger partial charge in [0, 0.05) is 4.75 Å². The Hall–Kier alpha value is -1.30. The molecule has 19 heavy (non-hydrogen) atoms. The smallest absolute Gasteiger partial charge is 0.387 e. The number of rotatable bonds is 5. The van der Waals surface area contributed by atoms with Gasteiger partial charge < -0.3 is 10.1 Å². The Labute approximate surface area is 115 Å². The maximum absolute atomic E-state index is 12.2. The lowest BCUT2D eigenvalue weighted by Crippen LogP contribution is -2.19. The monoisotopic (exact) mass is 289 g/mol. The molecule has 0 aliphatic heterocycles. The zero-order valence-corrected chi connectivity index (χ0v) is 11.9. The van der Waals surface area contributed by atoms with Crippen molar-refractivity contribution in [2.75, 3.05) is 11.1 Å². The molecule has 0 heterocycles. The molecule has 0 radical (unpaired) electrons. The second-order valence-corrected chi connectivity index (χ2v) is 6.63. The molecule has 0 saturated heterocycles. The van der Waals surface area contributed by atoms with Crippen molar-refractivity contribution >= 4 is 23.4 Å². The Balaban J connectivity index is 2.63. The molecular weight excluding hydrogens is 272 g/mol. The number of carbonyl (C=O) groups excluding carboxylic acids is 1. The van der Waals surface area contributed by atoms with Crippen LogP contribution in [-0.4, -0.2) is 23.0 Å². The molecule has 106 valence electrons. The van der Waals surface area contributed by atoms with Gasteiger partial charge in [-0.15, -0.1) is 11.8 Å². The number of thioether (sulfide) groups is 1. The van der Waals surface area contributed by atoms with E-state index in [2.05, 4.69) is 10.1 Å². The first kappa shape index (κ1) is 15.8. The Bertz CT molecular complexity index is 433. The molecule has 1 aromatic carbocycles. The first-order valence-corrected chi connectivity index (χ1v) is 6.74. The van der Waals surface area contributed by atoms with Crippen LogP contribution in [0.25, 0.3) is 0 Å². The number of amides is 1. The van der Waals surface area contributed by atoms with Crippen molar-refractivity contribution < 1.29 is 18.3 Å². The maximum atomic E-state index is 12.2. The normalized spacial score (nSPS) is 11.5. The summed E-state index contributed by atoms with van der Waals surface area (Å²) in [5.41, 5.74) is 0.252. The van der Waals surface area contributed by atoms with Crippen molar-refractivity contribution in [3.63, 3.8) is 0 Å². The van der Waals surface area contributed by atoms with Gasteiger partial charge in [0.05, 0.1) is 11.4 Å². The number of nitrogens with one attached hydrogen (secondary N) is 1. The van der Waals surface area contributed by atoms with Crippen molar-refractivity contribution in [3.05, 3.63) is 24.3 Å². The average molecular weight is 289 g/mol. The van der Waals surface area contributed by atoms with E-state index in [9.17, 15) is 13.6 Å². The van der Waals surface area contributed by atoms with E-state index in [1.165, 1.54) is 23.9 Å². The molecule has 0 spiro atoms. The SMILES string of the molecule is CC(C)(C)SCC(=O)Nc1ccccc1OC(F)F. The predicted octanol–water partition coefficient (Wildman–Crippen LogP) is 3.76. The second kappa shape index (κ2) is 6.75. The summed E-state index contributed by atoms with van der Waals surface area (Å²) in [7, 11) is 0. The fraction of sp³-hybridized carbons (Fsp3) is 0.462. The third-order valence-electron chi connectivity index (χ3n) is 2.01. The van der Waals surface area contributed by atoms with Gasteiger partial charge >= 0.3 is 6.61 Å². The van der Waals surface area contributed by atoms with E-state index in [1.807, 2.05) is 20.8 Å². The zero-order chi connectivity index (χ0) is 14.5. The summed E-state index contributed by atoms with van der Waals surface area (Å²) < 4.78 is 28.7. The van der Waals surface area contributed by atoms with Crippen LogP contribution >= 0.6 is 11.8 Å². The molecule has 0 aromatic heterocycles. The molecule has 3 nitrogen and oxygen atoms in total. The minimum atomic E-state index is -2.91. The molecule has 1 aromatic rings. The molecule has 0 unspecified atom stereocenters. The van der Waals surface area contributed by atoms with E-state index >= 15 is 0 Å². The Morgan fingerprint density at radius 3 is 2.58 bits per heavy atom. The third-order valence-corrected chi connectivity index (χ3v) is 3.29. The van der Waals surface area contributed by atoms with Gasteiger partial charge in [-0.2, -0.15) is 8.78 Å². The van der Waals surface area contributed by atoms with Crippen molar-refractivity contribution in [1.82, 2.24) is 0 Å². The van der Waals surface area contributed by atoms with E-state index in [1.54, 1.807) is 12.1 Å². The number of benzene rings is 1. The highest BCUT2D eigenvalue weighted by Gasteiger charge is 2.15. The number of alkyl halides is 2. The summed E-state index contributed by atoms with van der Waals surface area (Å²) in [4.78, 5) is 11.7. The molecule has 0 bridgehead atoms. The molecule has 6 heteroatoms. The fourth-order valence-corrected chi connectivity index (χ4v) is 1.87. The Morgan fingerprint density at radius 1 is 1.37 bits per heavy atom. The molecule has 0 saturated carbocycles. The number of anilines is 1. The largest absolute Gasteiger partial charge is 0.433 e. The van der Waals surface area contributed by atoms with E-state index in [0.717, 1.165) is 0 Å². The van der Waals surface area contributed by atoms with Crippen LogP contribution in [0.1, 0.15) is 20.8 Å².